The fourth-order valence-corrected chi connectivity index (χ4v) is 2.35. The van der Waals surface area contributed by atoms with Crippen molar-refractivity contribution in [2.75, 3.05) is 14.2 Å². The molecule has 2 unspecified atom stereocenters. The van der Waals surface area contributed by atoms with Crippen LogP contribution in [0.5, 0.6) is 11.5 Å². The molecule has 3 N–H and O–H groups in total. The van der Waals surface area contributed by atoms with Crippen molar-refractivity contribution in [3.63, 3.8) is 0 Å². The Labute approximate surface area is 113 Å². The lowest BCUT2D eigenvalue weighted by Crippen LogP contribution is -2.27. The summed E-state index contributed by atoms with van der Waals surface area (Å²) in [6.07, 6.45) is 2.12. The summed E-state index contributed by atoms with van der Waals surface area (Å²) in [7, 11) is 3.20. The van der Waals surface area contributed by atoms with Crippen LogP contribution in [-0.4, -0.2) is 25.4 Å². The van der Waals surface area contributed by atoms with Crippen LogP contribution in [0.3, 0.4) is 0 Å². The van der Waals surface area contributed by atoms with Crippen LogP contribution in [-0.2, 0) is 6.42 Å². The second-order valence-electron chi connectivity index (χ2n) is 4.41. The van der Waals surface area contributed by atoms with Crippen molar-refractivity contribution < 1.29 is 14.6 Å². The van der Waals surface area contributed by atoms with Gasteiger partial charge in [0.25, 0.3) is 0 Å². The van der Waals surface area contributed by atoms with Gasteiger partial charge in [0.2, 0.25) is 0 Å². The van der Waals surface area contributed by atoms with Gasteiger partial charge in [0.15, 0.2) is 11.5 Å². The molecule has 0 heterocycles. The molecule has 1 aliphatic carbocycles. The zero-order valence-electron chi connectivity index (χ0n) is 10.7. The van der Waals surface area contributed by atoms with Crippen molar-refractivity contribution in [2.45, 2.75) is 31.4 Å². The molecule has 0 aromatic heterocycles. The van der Waals surface area contributed by atoms with Gasteiger partial charge in [0.1, 0.15) is 0 Å². The largest absolute Gasteiger partial charge is 0.493 e. The molecule has 0 amide bonds. The number of methoxy groups -OCH3 is 2. The zero-order chi connectivity index (χ0) is 12.4. The highest BCUT2D eigenvalue weighted by atomic mass is 35.5. The van der Waals surface area contributed by atoms with Gasteiger partial charge >= 0.3 is 0 Å². The molecule has 0 bridgehead atoms. The van der Waals surface area contributed by atoms with Crippen LogP contribution in [0.25, 0.3) is 0 Å². The molecule has 0 fully saturated rings. The van der Waals surface area contributed by atoms with Gasteiger partial charge in [-0.05, 0) is 42.5 Å². The average molecular weight is 274 g/mol. The topological polar surface area (TPSA) is 64.7 Å². The molecular weight excluding hydrogens is 254 g/mol. The van der Waals surface area contributed by atoms with E-state index >= 15 is 0 Å². The first-order valence-corrected chi connectivity index (χ1v) is 5.85. The van der Waals surface area contributed by atoms with E-state index in [1.54, 1.807) is 14.2 Å². The Morgan fingerprint density at radius 2 is 1.83 bits per heavy atom. The lowest BCUT2D eigenvalue weighted by Gasteiger charge is -2.19. The Hall–Kier alpha value is -0.970. The third kappa shape index (κ3) is 2.71. The molecule has 0 spiro atoms. The van der Waals surface area contributed by atoms with Crippen molar-refractivity contribution in [3.05, 3.63) is 23.3 Å². The number of aryl methyl sites for hydroxylation is 1. The Morgan fingerprint density at radius 1 is 1.22 bits per heavy atom. The number of hydrogen-bond donors (Lipinski definition) is 2. The van der Waals surface area contributed by atoms with Crippen LogP contribution in [0.4, 0.5) is 0 Å². The van der Waals surface area contributed by atoms with Crippen LogP contribution >= 0.6 is 12.4 Å². The highest BCUT2D eigenvalue weighted by Crippen LogP contribution is 2.36. The number of halogens is 1. The molecule has 0 radical (unpaired) electrons. The van der Waals surface area contributed by atoms with Gasteiger partial charge in [-0.1, -0.05) is 0 Å². The second-order valence-corrected chi connectivity index (χ2v) is 4.41. The van der Waals surface area contributed by atoms with E-state index < -0.39 is 6.10 Å². The molecule has 102 valence electrons. The van der Waals surface area contributed by atoms with Crippen LogP contribution in [0.2, 0.25) is 0 Å². The normalized spacial score (nSPS) is 22.4. The number of benzene rings is 1. The van der Waals surface area contributed by atoms with E-state index in [4.69, 9.17) is 15.2 Å². The third-order valence-electron chi connectivity index (χ3n) is 3.35. The molecule has 1 aromatic rings. The second kappa shape index (κ2) is 6.27. The Bertz CT molecular complexity index is 411. The van der Waals surface area contributed by atoms with Crippen molar-refractivity contribution in [1.82, 2.24) is 0 Å². The summed E-state index contributed by atoms with van der Waals surface area (Å²) in [5.74, 6) is 1.34. The van der Waals surface area contributed by atoms with Crippen molar-refractivity contribution >= 4 is 12.4 Å². The van der Waals surface area contributed by atoms with Gasteiger partial charge in [-0.2, -0.15) is 0 Å². The predicted octanol–water partition coefficient (Wildman–Crippen LogP) is 1.82. The minimum absolute atomic E-state index is 0. The molecule has 0 saturated heterocycles. The van der Waals surface area contributed by atoms with Crippen molar-refractivity contribution in [3.8, 4) is 11.5 Å². The number of aliphatic hydroxyl groups is 1. The summed E-state index contributed by atoms with van der Waals surface area (Å²) in [6.45, 7) is 0. The molecule has 2 atom stereocenters. The molecular formula is C13H20ClNO3. The number of rotatable bonds is 2. The first-order chi connectivity index (χ1) is 8.17. The fourth-order valence-electron chi connectivity index (χ4n) is 2.35. The lowest BCUT2D eigenvalue weighted by molar-refractivity contribution is 0.144. The maximum Gasteiger partial charge on any atom is 0.161 e. The quantitative estimate of drug-likeness (QED) is 0.807. The third-order valence-corrected chi connectivity index (χ3v) is 3.35. The van der Waals surface area contributed by atoms with Gasteiger partial charge in [-0.25, -0.2) is 0 Å². The summed E-state index contributed by atoms with van der Waals surface area (Å²) < 4.78 is 10.5. The van der Waals surface area contributed by atoms with E-state index in [1.807, 2.05) is 12.1 Å². The number of aliphatic hydroxyl groups excluding tert-OH is 1. The van der Waals surface area contributed by atoms with E-state index in [0.29, 0.717) is 11.5 Å². The van der Waals surface area contributed by atoms with E-state index in [0.717, 1.165) is 30.4 Å². The molecule has 5 heteroatoms. The van der Waals surface area contributed by atoms with Crippen molar-refractivity contribution in [2.24, 2.45) is 5.73 Å². The lowest BCUT2D eigenvalue weighted by atomic mass is 9.98. The minimum Gasteiger partial charge on any atom is -0.493 e. The molecule has 0 saturated carbocycles. The molecule has 2 rings (SSSR count). The van der Waals surface area contributed by atoms with Gasteiger partial charge in [0, 0.05) is 6.04 Å². The smallest absolute Gasteiger partial charge is 0.161 e. The van der Waals surface area contributed by atoms with Gasteiger partial charge in [-0.3, -0.25) is 0 Å². The summed E-state index contributed by atoms with van der Waals surface area (Å²) in [4.78, 5) is 0. The fraction of sp³-hybridized carbons (Fsp3) is 0.538. The van der Waals surface area contributed by atoms with Crippen LogP contribution in [0, 0.1) is 0 Å². The summed E-state index contributed by atoms with van der Waals surface area (Å²) in [6, 6.07) is 3.58. The Morgan fingerprint density at radius 3 is 2.44 bits per heavy atom. The van der Waals surface area contributed by atoms with Gasteiger partial charge < -0.3 is 20.3 Å². The van der Waals surface area contributed by atoms with Crippen LogP contribution in [0.1, 0.15) is 30.1 Å². The highest BCUT2D eigenvalue weighted by Gasteiger charge is 2.25. The Balaban J connectivity index is 0.00000162. The van der Waals surface area contributed by atoms with Crippen LogP contribution in [0.15, 0.2) is 12.1 Å². The predicted molar refractivity (Wildman–Crippen MR) is 72.7 cm³/mol. The molecule has 1 aliphatic rings. The van der Waals surface area contributed by atoms with Gasteiger partial charge in [0.05, 0.1) is 20.3 Å². The maximum atomic E-state index is 10.2. The van der Waals surface area contributed by atoms with Crippen molar-refractivity contribution in [1.29, 1.82) is 0 Å². The first kappa shape index (κ1) is 15.1. The number of ether oxygens (including phenoxy) is 2. The minimum atomic E-state index is -0.618. The molecule has 18 heavy (non-hydrogen) atoms. The monoisotopic (exact) mass is 273 g/mol. The highest BCUT2D eigenvalue weighted by molar-refractivity contribution is 5.85. The van der Waals surface area contributed by atoms with Gasteiger partial charge in [-0.15, -0.1) is 12.4 Å². The number of hydrogen-bond acceptors (Lipinski definition) is 4. The summed E-state index contributed by atoms with van der Waals surface area (Å²) >= 11 is 0. The zero-order valence-corrected chi connectivity index (χ0v) is 11.5. The standard InChI is InChI=1S/C13H19NO3.ClH/c1-16-11-6-8-4-3-5-10(14)13(15)9(8)7-12(11)17-2;/h6-7,10,13,15H,3-5,14H2,1-2H3;1H. The maximum absolute atomic E-state index is 10.2. The Kier molecular flexibility index (Phi) is 5.26. The molecule has 1 aromatic carbocycles. The van der Waals surface area contributed by atoms with E-state index in [2.05, 4.69) is 0 Å². The first-order valence-electron chi connectivity index (χ1n) is 5.85. The SMILES string of the molecule is COc1cc2c(cc1OC)C(O)C(N)CCC2.Cl. The number of nitrogens with two attached hydrogens (primary N) is 1. The van der Waals surface area contributed by atoms with E-state index in [1.165, 1.54) is 0 Å². The van der Waals surface area contributed by atoms with E-state index in [9.17, 15) is 5.11 Å². The summed E-state index contributed by atoms with van der Waals surface area (Å²) in [5, 5.41) is 10.2. The molecule has 0 aliphatic heterocycles. The average Bonchev–Trinajstić information content (AvgIpc) is 2.48. The van der Waals surface area contributed by atoms with Crippen LogP contribution < -0.4 is 15.2 Å². The molecule has 4 nitrogen and oxygen atoms in total. The van der Waals surface area contributed by atoms with E-state index in [-0.39, 0.29) is 18.4 Å². The number of fused-ring (bicyclic) bond motifs is 1. The summed E-state index contributed by atoms with van der Waals surface area (Å²) in [5.41, 5.74) is 7.90.